The molecule has 0 rings (SSSR count). The summed E-state index contributed by atoms with van der Waals surface area (Å²) in [6.45, 7) is 2.09. The van der Waals surface area contributed by atoms with Crippen molar-refractivity contribution in [3.05, 3.63) is 0 Å². The van der Waals surface area contributed by atoms with Crippen molar-refractivity contribution < 1.29 is 9.59 Å². The van der Waals surface area contributed by atoms with Gasteiger partial charge in [0, 0.05) is 18.8 Å². The first kappa shape index (κ1) is 11.4. The molecular formula is C7H13BrN2O2. The lowest BCUT2D eigenvalue weighted by Gasteiger charge is -2.03. The molecule has 5 heteroatoms. The predicted octanol–water partition coefficient (Wildman–Crippen LogP) is 0.0237. The molecule has 0 aliphatic carbocycles. The maximum Gasteiger partial charge on any atom is 0.239 e. The second-order valence-electron chi connectivity index (χ2n) is 2.30. The van der Waals surface area contributed by atoms with E-state index in [1.54, 1.807) is 0 Å². The fourth-order valence-electron chi connectivity index (χ4n) is 0.562. The van der Waals surface area contributed by atoms with Crippen molar-refractivity contribution in [3.8, 4) is 0 Å². The van der Waals surface area contributed by atoms with Gasteiger partial charge in [0.2, 0.25) is 11.8 Å². The van der Waals surface area contributed by atoms with Crippen LogP contribution in [0.4, 0.5) is 0 Å². The first-order valence-electron chi connectivity index (χ1n) is 3.74. The third-order valence-electron chi connectivity index (χ3n) is 1.13. The van der Waals surface area contributed by atoms with E-state index in [1.165, 1.54) is 6.92 Å². The van der Waals surface area contributed by atoms with Crippen LogP contribution >= 0.6 is 15.9 Å². The zero-order chi connectivity index (χ0) is 9.40. The van der Waals surface area contributed by atoms with Gasteiger partial charge in [0.1, 0.15) is 0 Å². The normalized spacial score (nSPS) is 9.17. The highest BCUT2D eigenvalue weighted by atomic mass is 79.9. The smallest absolute Gasteiger partial charge is 0.239 e. The number of nitrogens with one attached hydrogen (secondary N) is 2. The molecule has 2 N–H and O–H groups in total. The predicted molar refractivity (Wildman–Crippen MR) is 50.1 cm³/mol. The van der Waals surface area contributed by atoms with E-state index in [-0.39, 0.29) is 18.4 Å². The third kappa shape index (κ3) is 7.53. The average Bonchev–Trinajstić information content (AvgIpc) is 2.01. The van der Waals surface area contributed by atoms with Crippen LogP contribution in [0, 0.1) is 0 Å². The molecule has 0 unspecified atom stereocenters. The summed E-state index contributed by atoms with van der Waals surface area (Å²) in [5.74, 6) is -0.336. The quantitative estimate of drug-likeness (QED) is 0.523. The summed E-state index contributed by atoms with van der Waals surface area (Å²) in [4.78, 5) is 21.3. The topological polar surface area (TPSA) is 58.2 Å². The summed E-state index contributed by atoms with van der Waals surface area (Å²) in [6, 6.07) is 0. The summed E-state index contributed by atoms with van der Waals surface area (Å²) >= 11 is 3.24. The van der Waals surface area contributed by atoms with E-state index in [0.29, 0.717) is 6.54 Å². The highest BCUT2D eigenvalue weighted by Gasteiger charge is 1.99. The number of alkyl halides is 1. The minimum Gasteiger partial charge on any atom is -0.355 e. The summed E-state index contributed by atoms with van der Waals surface area (Å²) in [7, 11) is 0. The molecule has 0 spiro atoms. The lowest BCUT2D eigenvalue weighted by atomic mass is 10.4. The minimum absolute atomic E-state index is 0.0671. The lowest BCUT2D eigenvalue weighted by molar-refractivity contribution is -0.125. The van der Waals surface area contributed by atoms with Gasteiger partial charge in [-0.05, 0) is 6.42 Å². The molecule has 12 heavy (non-hydrogen) atoms. The first-order valence-corrected chi connectivity index (χ1v) is 4.86. The fraction of sp³-hybridized carbons (Fsp3) is 0.714. The Kier molecular flexibility index (Phi) is 6.75. The van der Waals surface area contributed by atoms with E-state index in [9.17, 15) is 9.59 Å². The van der Waals surface area contributed by atoms with Gasteiger partial charge >= 0.3 is 0 Å². The number of rotatable bonds is 5. The van der Waals surface area contributed by atoms with Crippen molar-refractivity contribution in [2.75, 3.05) is 18.4 Å². The number of hydrogen-bond acceptors (Lipinski definition) is 2. The Labute approximate surface area is 80.2 Å². The zero-order valence-electron chi connectivity index (χ0n) is 7.02. The van der Waals surface area contributed by atoms with Gasteiger partial charge in [0.05, 0.1) is 6.54 Å². The first-order chi connectivity index (χ1) is 5.66. The Morgan fingerprint density at radius 3 is 2.50 bits per heavy atom. The van der Waals surface area contributed by atoms with Crippen LogP contribution in [0.2, 0.25) is 0 Å². The SMILES string of the molecule is CC(=O)NCC(=O)NCCCBr. The highest BCUT2D eigenvalue weighted by Crippen LogP contribution is 1.83. The molecule has 70 valence electrons. The van der Waals surface area contributed by atoms with Gasteiger partial charge in [-0.25, -0.2) is 0 Å². The number of carbonyl (C=O) groups excluding carboxylic acids is 2. The Balaban J connectivity index is 3.28. The van der Waals surface area contributed by atoms with Crippen LogP contribution in [0.25, 0.3) is 0 Å². The molecule has 2 amide bonds. The summed E-state index contributed by atoms with van der Waals surface area (Å²) in [5.41, 5.74) is 0. The fourth-order valence-corrected chi connectivity index (χ4v) is 0.842. The maximum atomic E-state index is 10.9. The van der Waals surface area contributed by atoms with Crippen molar-refractivity contribution in [1.82, 2.24) is 10.6 Å². The van der Waals surface area contributed by atoms with Crippen LogP contribution in [0.15, 0.2) is 0 Å². The summed E-state index contributed by atoms with van der Waals surface area (Å²) < 4.78 is 0. The minimum atomic E-state index is -0.189. The monoisotopic (exact) mass is 236 g/mol. The Morgan fingerprint density at radius 1 is 1.33 bits per heavy atom. The van der Waals surface area contributed by atoms with Crippen LogP contribution < -0.4 is 10.6 Å². The molecule has 0 saturated heterocycles. The van der Waals surface area contributed by atoms with Crippen molar-refractivity contribution in [1.29, 1.82) is 0 Å². The van der Waals surface area contributed by atoms with E-state index in [4.69, 9.17) is 0 Å². The van der Waals surface area contributed by atoms with Crippen molar-refractivity contribution in [3.63, 3.8) is 0 Å². The Hall–Kier alpha value is -0.580. The molecule has 0 bridgehead atoms. The number of carbonyl (C=O) groups is 2. The van der Waals surface area contributed by atoms with Gasteiger partial charge in [-0.15, -0.1) is 0 Å². The molecule has 0 saturated carbocycles. The average molecular weight is 237 g/mol. The standard InChI is InChI=1S/C7H13BrN2O2/c1-6(11)10-5-7(12)9-4-2-3-8/h2-5H2,1H3,(H,9,12)(H,10,11). The lowest BCUT2D eigenvalue weighted by Crippen LogP contribution is -2.36. The number of amides is 2. The van der Waals surface area contributed by atoms with E-state index in [0.717, 1.165) is 11.8 Å². The number of hydrogen-bond donors (Lipinski definition) is 2. The summed E-state index contributed by atoms with van der Waals surface area (Å²) in [6.07, 6.45) is 0.895. The Morgan fingerprint density at radius 2 is 2.00 bits per heavy atom. The molecule has 0 aliphatic rings. The van der Waals surface area contributed by atoms with Gasteiger partial charge in [-0.1, -0.05) is 15.9 Å². The van der Waals surface area contributed by atoms with Crippen molar-refractivity contribution in [2.45, 2.75) is 13.3 Å². The summed E-state index contributed by atoms with van der Waals surface area (Å²) in [5, 5.41) is 5.93. The molecule has 0 aliphatic heterocycles. The molecule has 4 nitrogen and oxygen atoms in total. The highest BCUT2D eigenvalue weighted by molar-refractivity contribution is 9.09. The van der Waals surface area contributed by atoms with Crippen LogP contribution in [-0.2, 0) is 9.59 Å². The van der Waals surface area contributed by atoms with Gasteiger partial charge in [-0.3, -0.25) is 9.59 Å². The molecular weight excluding hydrogens is 224 g/mol. The van der Waals surface area contributed by atoms with E-state index >= 15 is 0 Å². The van der Waals surface area contributed by atoms with Crippen molar-refractivity contribution in [2.24, 2.45) is 0 Å². The molecule has 0 atom stereocenters. The Bertz CT molecular complexity index is 161. The van der Waals surface area contributed by atoms with Crippen LogP contribution in [0.5, 0.6) is 0 Å². The molecule has 0 aromatic carbocycles. The van der Waals surface area contributed by atoms with Crippen LogP contribution in [-0.4, -0.2) is 30.2 Å². The van der Waals surface area contributed by atoms with Gasteiger partial charge in [0.25, 0.3) is 0 Å². The van der Waals surface area contributed by atoms with E-state index < -0.39 is 0 Å². The van der Waals surface area contributed by atoms with Gasteiger partial charge < -0.3 is 10.6 Å². The second kappa shape index (κ2) is 7.09. The largest absolute Gasteiger partial charge is 0.355 e. The molecule has 0 radical (unpaired) electrons. The molecule has 0 fully saturated rings. The maximum absolute atomic E-state index is 10.9. The third-order valence-corrected chi connectivity index (χ3v) is 1.69. The number of halogens is 1. The molecule has 0 aromatic rings. The van der Waals surface area contributed by atoms with Crippen LogP contribution in [0.1, 0.15) is 13.3 Å². The van der Waals surface area contributed by atoms with Gasteiger partial charge in [-0.2, -0.15) is 0 Å². The van der Waals surface area contributed by atoms with Crippen molar-refractivity contribution >= 4 is 27.7 Å². The molecule has 0 aromatic heterocycles. The zero-order valence-corrected chi connectivity index (χ0v) is 8.61. The molecule has 0 heterocycles. The van der Waals surface area contributed by atoms with E-state index in [1.807, 2.05) is 0 Å². The van der Waals surface area contributed by atoms with Gasteiger partial charge in [0.15, 0.2) is 0 Å². The second-order valence-corrected chi connectivity index (χ2v) is 3.10. The van der Waals surface area contributed by atoms with E-state index in [2.05, 4.69) is 26.6 Å². The van der Waals surface area contributed by atoms with Crippen LogP contribution in [0.3, 0.4) is 0 Å².